The molecule has 25 heavy (non-hydrogen) atoms. The maximum absolute atomic E-state index is 12.4. The minimum atomic E-state index is -0.0367. The highest BCUT2D eigenvalue weighted by Crippen LogP contribution is 2.21. The Balaban J connectivity index is 1.71. The molecule has 0 aliphatic carbocycles. The van der Waals surface area contributed by atoms with E-state index in [9.17, 15) is 4.79 Å². The monoisotopic (exact) mass is 331 g/mol. The van der Waals surface area contributed by atoms with Gasteiger partial charge in [-0.3, -0.25) is 4.79 Å². The topological polar surface area (TPSA) is 42.7 Å². The van der Waals surface area contributed by atoms with Gasteiger partial charge in [-0.1, -0.05) is 30.0 Å². The Kier molecular flexibility index (Phi) is 4.24. The molecule has 4 heteroatoms. The third-order valence-electron chi connectivity index (χ3n) is 4.16. The number of morpholine rings is 1. The van der Waals surface area contributed by atoms with E-state index in [1.807, 2.05) is 47.4 Å². The lowest BCUT2D eigenvalue weighted by molar-refractivity contribution is 0.121. The van der Waals surface area contributed by atoms with Crippen LogP contribution in [0.2, 0.25) is 0 Å². The van der Waals surface area contributed by atoms with Crippen molar-refractivity contribution >= 4 is 16.9 Å². The molecule has 0 spiro atoms. The Morgan fingerprint density at radius 1 is 0.880 bits per heavy atom. The van der Waals surface area contributed by atoms with Gasteiger partial charge >= 0.3 is 0 Å². The van der Waals surface area contributed by atoms with Crippen LogP contribution >= 0.6 is 0 Å². The summed E-state index contributed by atoms with van der Waals surface area (Å²) < 4.78 is 11.3. The Bertz CT molecular complexity index is 1010. The zero-order valence-electron chi connectivity index (χ0n) is 13.7. The molecule has 1 fully saturated rings. The van der Waals surface area contributed by atoms with E-state index in [4.69, 9.17) is 9.15 Å². The molecule has 4 nitrogen and oxygen atoms in total. The third kappa shape index (κ3) is 3.42. The molecule has 1 aliphatic heterocycles. The second kappa shape index (κ2) is 6.84. The minimum Gasteiger partial charge on any atom is -0.440 e. The van der Waals surface area contributed by atoms with Crippen LogP contribution in [0.15, 0.2) is 63.8 Å². The second-order valence-corrected chi connectivity index (χ2v) is 5.88. The van der Waals surface area contributed by atoms with Gasteiger partial charge in [0.1, 0.15) is 5.58 Å². The molecule has 2 heterocycles. The van der Waals surface area contributed by atoms with Gasteiger partial charge in [0, 0.05) is 30.3 Å². The average Bonchev–Trinajstić information content (AvgIpc) is 2.67. The Labute approximate surface area is 145 Å². The molecule has 0 saturated carbocycles. The molecule has 124 valence electrons. The fourth-order valence-corrected chi connectivity index (χ4v) is 2.83. The molecular weight excluding hydrogens is 314 g/mol. The van der Waals surface area contributed by atoms with Crippen molar-refractivity contribution in [2.75, 3.05) is 31.2 Å². The van der Waals surface area contributed by atoms with Crippen molar-refractivity contribution in [2.24, 2.45) is 0 Å². The lowest BCUT2D eigenvalue weighted by atomic mass is 10.1. The molecule has 1 saturated heterocycles. The summed E-state index contributed by atoms with van der Waals surface area (Å²) in [6.45, 7) is 2.73. The summed E-state index contributed by atoms with van der Waals surface area (Å²) in [5.74, 6) is 6.84. The summed E-state index contributed by atoms with van der Waals surface area (Å²) in [5.41, 5.74) is 2.30. The highest BCUT2D eigenvalue weighted by molar-refractivity contribution is 5.79. The molecule has 0 radical (unpaired) electrons. The van der Waals surface area contributed by atoms with E-state index in [-0.39, 0.29) is 5.43 Å². The first-order valence-corrected chi connectivity index (χ1v) is 8.27. The van der Waals surface area contributed by atoms with Crippen LogP contribution in [0.3, 0.4) is 0 Å². The van der Waals surface area contributed by atoms with E-state index in [1.54, 1.807) is 12.1 Å². The van der Waals surface area contributed by atoms with Crippen LogP contribution < -0.4 is 10.3 Å². The molecule has 1 aromatic heterocycles. The minimum absolute atomic E-state index is 0.0367. The van der Waals surface area contributed by atoms with Crippen LogP contribution in [0.25, 0.3) is 11.0 Å². The van der Waals surface area contributed by atoms with Gasteiger partial charge in [-0.15, -0.1) is 0 Å². The molecule has 0 atom stereocenters. The molecule has 0 amide bonds. The molecule has 1 aliphatic rings. The molecule has 0 N–H and O–H groups in total. The number of nitrogens with zero attached hydrogens (tertiary/aromatic N) is 1. The molecule has 0 bridgehead atoms. The van der Waals surface area contributed by atoms with Crippen LogP contribution in [0.4, 0.5) is 5.88 Å². The Hall–Kier alpha value is -3.03. The predicted molar refractivity (Wildman–Crippen MR) is 97.9 cm³/mol. The summed E-state index contributed by atoms with van der Waals surface area (Å²) in [6.07, 6.45) is 0. The normalized spacial score (nSPS) is 14.2. The van der Waals surface area contributed by atoms with Crippen LogP contribution in [-0.4, -0.2) is 26.3 Å². The fraction of sp³-hybridized carbons (Fsp3) is 0.190. The van der Waals surface area contributed by atoms with Crippen molar-refractivity contribution in [1.82, 2.24) is 0 Å². The number of fused-ring (bicyclic) bond motifs is 1. The van der Waals surface area contributed by atoms with E-state index >= 15 is 0 Å². The van der Waals surface area contributed by atoms with Crippen molar-refractivity contribution in [3.63, 3.8) is 0 Å². The number of rotatable bonds is 1. The number of hydrogen-bond donors (Lipinski definition) is 0. The highest BCUT2D eigenvalue weighted by atomic mass is 16.5. The zero-order valence-corrected chi connectivity index (χ0v) is 13.7. The smallest absolute Gasteiger partial charge is 0.200 e. The van der Waals surface area contributed by atoms with Gasteiger partial charge in [0.05, 0.1) is 18.6 Å². The van der Waals surface area contributed by atoms with Gasteiger partial charge < -0.3 is 14.1 Å². The summed E-state index contributed by atoms with van der Waals surface area (Å²) in [5, 5.41) is 0.572. The quantitative estimate of drug-likeness (QED) is 0.643. The molecule has 3 aromatic rings. The first kappa shape index (κ1) is 15.5. The lowest BCUT2D eigenvalue weighted by Crippen LogP contribution is -2.36. The van der Waals surface area contributed by atoms with Gasteiger partial charge in [0.15, 0.2) is 11.3 Å². The van der Waals surface area contributed by atoms with Gasteiger partial charge in [0.25, 0.3) is 0 Å². The van der Waals surface area contributed by atoms with E-state index in [2.05, 4.69) is 11.8 Å². The number of anilines is 1. The molecule has 4 rings (SSSR count). The van der Waals surface area contributed by atoms with E-state index in [1.165, 1.54) is 0 Å². The standard InChI is InChI=1S/C21H17NO3/c23-19-15-21(22-10-12-24-13-11-22)25-20-14-17(8-9-18(19)20)7-6-16-4-2-1-3-5-16/h1-5,8-9,14-15H,10-13H2. The van der Waals surface area contributed by atoms with Crippen LogP contribution in [0.1, 0.15) is 11.1 Å². The van der Waals surface area contributed by atoms with Crippen LogP contribution in [0, 0.1) is 11.8 Å². The van der Waals surface area contributed by atoms with Gasteiger partial charge in [-0.2, -0.15) is 0 Å². The number of ether oxygens (including phenoxy) is 1. The van der Waals surface area contributed by atoms with Gasteiger partial charge in [-0.05, 0) is 30.3 Å². The zero-order chi connectivity index (χ0) is 17.1. The van der Waals surface area contributed by atoms with Crippen molar-refractivity contribution in [1.29, 1.82) is 0 Å². The van der Waals surface area contributed by atoms with Gasteiger partial charge in [0.2, 0.25) is 0 Å². The van der Waals surface area contributed by atoms with Crippen LogP contribution in [0.5, 0.6) is 0 Å². The Morgan fingerprint density at radius 3 is 2.44 bits per heavy atom. The predicted octanol–water partition coefficient (Wildman–Crippen LogP) is 3.03. The first-order chi connectivity index (χ1) is 12.3. The summed E-state index contributed by atoms with van der Waals surface area (Å²) in [7, 11) is 0. The lowest BCUT2D eigenvalue weighted by Gasteiger charge is -2.27. The second-order valence-electron chi connectivity index (χ2n) is 5.88. The maximum Gasteiger partial charge on any atom is 0.200 e. The summed E-state index contributed by atoms with van der Waals surface area (Å²) in [6, 6.07) is 16.8. The first-order valence-electron chi connectivity index (χ1n) is 8.27. The third-order valence-corrected chi connectivity index (χ3v) is 4.16. The van der Waals surface area contributed by atoms with Crippen molar-refractivity contribution < 1.29 is 9.15 Å². The molecule has 0 unspecified atom stereocenters. The number of benzene rings is 2. The van der Waals surface area contributed by atoms with Crippen molar-refractivity contribution in [3.8, 4) is 11.8 Å². The number of hydrogen-bond acceptors (Lipinski definition) is 4. The van der Waals surface area contributed by atoms with Gasteiger partial charge in [-0.25, -0.2) is 0 Å². The maximum atomic E-state index is 12.4. The summed E-state index contributed by atoms with van der Waals surface area (Å²) >= 11 is 0. The van der Waals surface area contributed by atoms with E-state index in [0.29, 0.717) is 30.1 Å². The molecular formula is C21H17NO3. The van der Waals surface area contributed by atoms with Crippen LogP contribution in [-0.2, 0) is 4.74 Å². The van der Waals surface area contributed by atoms with E-state index in [0.717, 1.165) is 24.2 Å². The van der Waals surface area contributed by atoms with Crippen molar-refractivity contribution in [2.45, 2.75) is 0 Å². The van der Waals surface area contributed by atoms with E-state index < -0.39 is 0 Å². The Morgan fingerprint density at radius 2 is 1.64 bits per heavy atom. The molecule has 2 aromatic carbocycles. The largest absolute Gasteiger partial charge is 0.440 e. The average molecular weight is 331 g/mol. The fourth-order valence-electron chi connectivity index (χ4n) is 2.83. The van der Waals surface area contributed by atoms with Crippen molar-refractivity contribution in [3.05, 3.63) is 75.9 Å². The summed E-state index contributed by atoms with van der Waals surface area (Å²) in [4.78, 5) is 14.4. The highest BCUT2D eigenvalue weighted by Gasteiger charge is 2.15. The SMILES string of the molecule is O=c1cc(N2CCOCC2)oc2cc(C#Cc3ccccc3)ccc12.